The van der Waals surface area contributed by atoms with E-state index in [1.54, 1.807) is 0 Å². The van der Waals surface area contributed by atoms with Gasteiger partial charge in [0.1, 0.15) is 0 Å². The standard InChI is InChI=1S/C27H46NO2/c1-3-5-6-7-8-9-10-11-12-13-14-15-16-17-18-21-24-29-27-28(4-2)25-22-19-20-23-26(25)30-27/h19-20,22-23H,3-18,21,24H2,1-2H3/q+1. The van der Waals surface area contributed by atoms with E-state index < -0.39 is 0 Å². The zero-order valence-electron chi connectivity index (χ0n) is 19.8. The number of para-hydroxylation sites is 2. The van der Waals surface area contributed by atoms with Crippen LogP contribution in [0.15, 0.2) is 28.7 Å². The summed E-state index contributed by atoms with van der Waals surface area (Å²) in [6, 6.07) is 8.14. The minimum Gasteiger partial charge on any atom is -0.414 e. The quantitative estimate of drug-likeness (QED) is 0.170. The molecule has 2 rings (SSSR count). The molecule has 1 heterocycles. The summed E-state index contributed by atoms with van der Waals surface area (Å²) in [6.45, 7) is 6.03. The Morgan fingerprint density at radius 1 is 0.667 bits per heavy atom. The molecule has 0 unspecified atom stereocenters. The highest BCUT2D eigenvalue weighted by atomic mass is 16.6. The van der Waals surface area contributed by atoms with Crippen molar-refractivity contribution in [2.75, 3.05) is 6.61 Å². The molecule has 0 radical (unpaired) electrons. The Hall–Kier alpha value is -1.51. The summed E-state index contributed by atoms with van der Waals surface area (Å²) in [6.07, 6.45) is 22.9. The fraction of sp³-hybridized carbons (Fsp3) is 0.741. The average molecular weight is 417 g/mol. The summed E-state index contributed by atoms with van der Waals surface area (Å²) >= 11 is 0. The van der Waals surface area contributed by atoms with Crippen molar-refractivity contribution in [1.29, 1.82) is 0 Å². The summed E-state index contributed by atoms with van der Waals surface area (Å²) in [7, 11) is 0. The second-order valence-electron chi connectivity index (χ2n) is 8.73. The van der Waals surface area contributed by atoms with Gasteiger partial charge in [0.2, 0.25) is 5.58 Å². The van der Waals surface area contributed by atoms with Crippen LogP contribution >= 0.6 is 0 Å². The Kier molecular flexibility index (Phi) is 13.4. The van der Waals surface area contributed by atoms with Crippen LogP contribution in [0.25, 0.3) is 11.1 Å². The second-order valence-corrected chi connectivity index (χ2v) is 8.73. The Bertz CT molecular complexity index is 664. The van der Waals surface area contributed by atoms with Gasteiger partial charge >= 0.3 is 6.08 Å². The SMILES string of the molecule is CCCCCCCCCCCCCCCCCCOc1oc2ccccc2[n+]1CC. The van der Waals surface area contributed by atoms with E-state index in [-0.39, 0.29) is 0 Å². The molecule has 0 atom stereocenters. The monoisotopic (exact) mass is 416 g/mol. The van der Waals surface area contributed by atoms with Gasteiger partial charge in [-0.05, 0) is 19.4 Å². The van der Waals surface area contributed by atoms with Crippen LogP contribution in [0.4, 0.5) is 0 Å². The molecule has 0 N–H and O–H groups in total. The number of fused-ring (bicyclic) bond motifs is 1. The number of nitrogens with zero attached hydrogens (tertiary/aromatic N) is 1. The third kappa shape index (κ3) is 9.53. The van der Waals surface area contributed by atoms with E-state index in [2.05, 4.69) is 24.5 Å². The van der Waals surface area contributed by atoms with Gasteiger partial charge in [-0.3, -0.25) is 0 Å². The number of hydrogen-bond donors (Lipinski definition) is 0. The Balaban J connectivity index is 1.38. The molecule has 0 saturated heterocycles. The molecule has 1 aromatic carbocycles. The lowest BCUT2D eigenvalue weighted by atomic mass is 10.0. The number of aromatic nitrogens is 1. The Labute approximate surface area is 185 Å². The molecular weight excluding hydrogens is 370 g/mol. The maximum Gasteiger partial charge on any atom is 0.561 e. The number of oxazole rings is 1. The lowest BCUT2D eigenvalue weighted by Gasteiger charge is -2.03. The van der Waals surface area contributed by atoms with Gasteiger partial charge in [0.05, 0.1) is 6.61 Å². The molecule has 0 fully saturated rings. The molecule has 0 bridgehead atoms. The Morgan fingerprint density at radius 2 is 1.17 bits per heavy atom. The first-order valence-electron chi connectivity index (χ1n) is 12.9. The summed E-state index contributed by atoms with van der Waals surface area (Å²) in [5.74, 6) is 0. The molecule has 170 valence electrons. The normalized spacial score (nSPS) is 11.4. The average Bonchev–Trinajstić information content (AvgIpc) is 3.13. The molecule has 3 nitrogen and oxygen atoms in total. The van der Waals surface area contributed by atoms with Crippen LogP contribution in [0.2, 0.25) is 0 Å². The summed E-state index contributed by atoms with van der Waals surface area (Å²) in [5, 5.41) is 0. The highest BCUT2D eigenvalue weighted by molar-refractivity contribution is 5.68. The largest absolute Gasteiger partial charge is 0.561 e. The molecule has 0 aliphatic heterocycles. The lowest BCUT2D eigenvalue weighted by Crippen LogP contribution is -2.32. The zero-order valence-corrected chi connectivity index (χ0v) is 19.8. The van der Waals surface area contributed by atoms with Gasteiger partial charge in [0.25, 0.3) is 5.52 Å². The molecule has 0 spiro atoms. The summed E-state index contributed by atoms with van der Waals surface area (Å²) in [4.78, 5) is 0. The van der Waals surface area contributed by atoms with Crippen molar-refractivity contribution < 1.29 is 13.7 Å². The third-order valence-corrected chi connectivity index (χ3v) is 6.11. The number of unbranched alkanes of at least 4 members (excludes halogenated alkanes) is 15. The number of ether oxygens (including phenoxy) is 1. The molecule has 3 heteroatoms. The van der Waals surface area contributed by atoms with Crippen molar-refractivity contribution in [3.63, 3.8) is 0 Å². The van der Waals surface area contributed by atoms with Crippen molar-refractivity contribution in [3.05, 3.63) is 24.3 Å². The first kappa shape index (κ1) is 24.8. The van der Waals surface area contributed by atoms with Gasteiger partial charge < -0.3 is 9.15 Å². The smallest absolute Gasteiger partial charge is 0.414 e. The second kappa shape index (κ2) is 16.2. The van der Waals surface area contributed by atoms with Crippen LogP contribution in [-0.4, -0.2) is 6.61 Å². The molecule has 30 heavy (non-hydrogen) atoms. The molecule has 0 saturated carbocycles. The van der Waals surface area contributed by atoms with Crippen molar-refractivity contribution in [2.24, 2.45) is 0 Å². The fourth-order valence-corrected chi connectivity index (χ4v) is 4.23. The zero-order chi connectivity index (χ0) is 21.3. The molecule has 0 amide bonds. The van der Waals surface area contributed by atoms with E-state index in [0.29, 0.717) is 6.08 Å². The van der Waals surface area contributed by atoms with E-state index >= 15 is 0 Å². The van der Waals surface area contributed by atoms with E-state index in [1.807, 2.05) is 18.2 Å². The first-order valence-corrected chi connectivity index (χ1v) is 12.9. The minimum absolute atomic E-state index is 0.652. The summed E-state index contributed by atoms with van der Waals surface area (Å²) in [5.41, 5.74) is 2.02. The highest BCUT2D eigenvalue weighted by Gasteiger charge is 2.22. The molecule has 0 aliphatic carbocycles. The van der Waals surface area contributed by atoms with Gasteiger partial charge in [0.15, 0.2) is 6.54 Å². The molecule has 1 aromatic heterocycles. The van der Waals surface area contributed by atoms with Crippen LogP contribution in [0, 0.1) is 0 Å². The third-order valence-electron chi connectivity index (χ3n) is 6.11. The van der Waals surface area contributed by atoms with E-state index in [4.69, 9.17) is 9.15 Å². The van der Waals surface area contributed by atoms with Gasteiger partial charge in [0, 0.05) is 6.07 Å². The van der Waals surface area contributed by atoms with Gasteiger partial charge in [-0.1, -0.05) is 115 Å². The Morgan fingerprint density at radius 3 is 1.70 bits per heavy atom. The first-order chi connectivity index (χ1) is 14.9. The maximum atomic E-state index is 5.93. The van der Waals surface area contributed by atoms with E-state index in [9.17, 15) is 0 Å². The predicted molar refractivity (Wildman–Crippen MR) is 127 cm³/mol. The van der Waals surface area contributed by atoms with Crippen LogP contribution in [0.5, 0.6) is 6.08 Å². The van der Waals surface area contributed by atoms with Crippen molar-refractivity contribution in [1.82, 2.24) is 0 Å². The molecular formula is C27H46NO2+. The lowest BCUT2D eigenvalue weighted by molar-refractivity contribution is -0.678. The van der Waals surface area contributed by atoms with E-state index in [1.165, 1.54) is 96.3 Å². The maximum absolute atomic E-state index is 5.93. The number of aryl methyl sites for hydroxylation is 1. The highest BCUT2D eigenvalue weighted by Crippen LogP contribution is 2.19. The van der Waals surface area contributed by atoms with E-state index in [0.717, 1.165) is 30.7 Å². The predicted octanol–water partition coefficient (Wildman–Crippen LogP) is 8.38. The van der Waals surface area contributed by atoms with Gasteiger partial charge in [-0.2, -0.15) is 0 Å². The van der Waals surface area contributed by atoms with Crippen LogP contribution in [0.1, 0.15) is 117 Å². The number of rotatable bonds is 19. The molecule has 0 aliphatic rings. The van der Waals surface area contributed by atoms with Crippen molar-refractivity contribution >= 4 is 11.1 Å². The fourth-order valence-electron chi connectivity index (χ4n) is 4.23. The van der Waals surface area contributed by atoms with Gasteiger partial charge in [-0.15, -0.1) is 4.57 Å². The molecule has 2 aromatic rings. The topological polar surface area (TPSA) is 26.2 Å². The minimum atomic E-state index is 0.652. The number of benzene rings is 1. The summed E-state index contributed by atoms with van der Waals surface area (Å²) < 4.78 is 13.9. The van der Waals surface area contributed by atoms with Crippen LogP contribution < -0.4 is 9.30 Å². The van der Waals surface area contributed by atoms with Crippen LogP contribution in [-0.2, 0) is 6.54 Å². The van der Waals surface area contributed by atoms with Gasteiger partial charge in [-0.25, -0.2) is 0 Å². The van der Waals surface area contributed by atoms with Crippen LogP contribution in [0.3, 0.4) is 0 Å². The van der Waals surface area contributed by atoms with Crippen molar-refractivity contribution in [2.45, 2.75) is 123 Å². The number of hydrogen-bond acceptors (Lipinski definition) is 2. The van der Waals surface area contributed by atoms with Crippen molar-refractivity contribution in [3.8, 4) is 6.08 Å².